The Morgan fingerprint density at radius 2 is 2.33 bits per heavy atom. The van der Waals surface area contributed by atoms with Gasteiger partial charge in [-0.15, -0.1) is 0 Å². The highest BCUT2D eigenvalue weighted by atomic mass is 32.1. The lowest BCUT2D eigenvalue weighted by atomic mass is 10.5. The van der Waals surface area contributed by atoms with E-state index in [4.69, 9.17) is 0 Å². The molecule has 0 amide bonds. The summed E-state index contributed by atoms with van der Waals surface area (Å²) in [6.07, 6.45) is 5.55. The lowest BCUT2D eigenvalue weighted by molar-refractivity contribution is -0.385. The molecule has 1 rings (SSSR count). The van der Waals surface area contributed by atoms with Crippen molar-refractivity contribution in [2.45, 2.75) is 6.54 Å². The van der Waals surface area contributed by atoms with Crippen LogP contribution in [0.2, 0.25) is 0 Å². The summed E-state index contributed by atoms with van der Waals surface area (Å²) >= 11 is 3.95. The largest absolute Gasteiger partial charge is 0.348 e. The van der Waals surface area contributed by atoms with Gasteiger partial charge < -0.3 is 0 Å². The zero-order valence-electron chi connectivity index (χ0n) is 7.74. The Kier molecular flexibility index (Phi) is 4.04. The van der Waals surface area contributed by atoms with E-state index in [-0.39, 0.29) is 12.2 Å². The number of thiol groups is 1. The zero-order valence-corrected chi connectivity index (χ0v) is 8.63. The van der Waals surface area contributed by atoms with Gasteiger partial charge in [0.05, 0.1) is 11.1 Å². The second-order valence-corrected chi connectivity index (χ2v) is 3.02. The molecule has 1 aromatic rings. The van der Waals surface area contributed by atoms with Crippen molar-refractivity contribution >= 4 is 18.3 Å². The predicted octanol–water partition coefficient (Wildman–Crippen LogP) is 0.637. The van der Waals surface area contributed by atoms with Crippen LogP contribution < -0.4 is 5.69 Å². The van der Waals surface area contributed by atoms with Gasteiger partial charge >= 0.3 is 11.4 Å². The monoisotopic (exact) mass is 227 g/mol. The van der Waals surface area contributed by atoms with E-state index >= 15 is 0 Å². The van der Waals surface area contributed by atoms with E-state index in [9.17, 15) is 14.9 Å². The maximum absolute atomic E-state index is 11.2. The third-order valence-corrected chi connectivity index (χ3v) is 1.84. The van der Waals surface area contributed by atoms with Gasteiger partial charge in [0.2, 0.25) is 0 Å². The van der Waals surface area contributed by atoms with Crippen LogP contribution >= 0.6 is 12.6 Å². The first-order valence-electron chi connectivity index (χ1n) is 4.12. The molecule has 0 saturated carbocycles. The van der Waals surface area contributed by atoms with Gasteiger partial charge in [-0.1, -0.05) is 12.2 Å². The minimum absolute atomic E-state index is 0.200. The zero-order chi connectivity index (χ0) is 11.3. The Bertz CT molecular complexity index is 441. The Morgan fingerprint density at radius 3 is 2.93 bits per heavy atom. The summed E-state index contributed by atoms with van der Waals surface area (Å²) in [5.74, 6) is 0.553. The molecule has 0 aliphatic rings. The first-order chi connectivity index (χ1) is 7.15. The molecular weight excluding hydrogens is 218 g/mol. The number of aromatic nitrogens is 2. The normalized spacial score (nSPS) is 10.7. The third-order valence-electron chi connectivity index (χ3n) is 1.63. The fourth-order valence-electron chi connectivity index (χ4n) is 0.931. The SMILES string of the molecule is O=c1ncc([N+](=O)[O-])cn1C/C=C/CS. The van der Waals surface area contributed by atoms with Crippen molar-refractivity contribution in [3.05, 3.63) is 45.1 Å². The quantitative estimate of drug-likeness (QED) is 0.354. The van der Waals surface area contributed by atoms with E-state index in [0.29, 0.717) is 5.75 Å². The molecule has 0 aliphatic heterocycles. The second-order valence-electron chi connectivity index (χ2n) is 2.66. The van der Waals surface area contributed by atoms with E-state index in [2.05, 4.69) is 17.6 Å². The van der Waals surface area contributed by atoms with E-state index < -0.39 is 10.6 Å². The van der Waals surface area contributed by atoms with Gasteiger partial charge in [0.1, 0.15) is 6.20 Å². The van der Waals surface area contributed by atoms with Crippen molar-refractivity contribution in [1.82, 2.24) is 9.55 Å². The summed E-state index contributed by atoms with van der Waals surface area (Å²) < 4.78 is 1.16. The molecule has 0 atom stereocenters. The molecule has 7 heteroatoms. The second kappa shape index (κ2) is 5.30. The fourth-order valence-corrected chi connectivity index (χ4v) is 1.08. The number of nitrogens with zero attached hydrogens (tertiary/aromatic N) is 3. The average Bonchev–Trinajstić information content (AvgIpc) is 2.20. The molecule has 0 aromatic carbocycles. The molecule has 80 valence electrons. The van der Waals surface area contributed by atoms with Gasteiger partial charge in [0.25, 0.3) is 0 Å². The van der Waals surface area contributed by atoms with Crippen molar-refractivity contribution in [3.63, 3.8) is 0 Å². The molecule has 0 radical (unpaired) electrons. The van der Waals surface area contributed by atoms with Crippen LogP contribution in [0, 0.1) is 10.1 Å². The maximum atomic E-state index is 11.2. The lowest BCUT2D eigenvalue weighted by Gasteiger charge is -1.99. The van der Waals surface area contributed by atoms with Crippen molar-refractivity contribution < 1.29 is 4.92 Å². The Labute approximate surface area is 90.8 Å². The van der Waals surface area contributed by atoms with E-state index in [0.717, 1.165) is 17.0 Å². The minimum Gasteiger partial charge on any atom is -0.288 e. The van der Waals surface area contributed by atoms with Gasteiger partial charge in [-0.05, 0) is 0 Å². The van der Waals surface area contributed by atoms with Gasteiger partial charge in [0.15, 0.2) is 0 Å². The van der Waals surface area contributed by atoms with Crippen LogP contribution in [0.3, 0.4) is 0 Å². The van der Waals surface area contributed by atoms with Crippen LogP contribution in [0.1, 0.15) is 0 Å². The minimum atomic E-state index is -0.592. The van der Waals surface area contributed by atoms with Crippen LogP contribution in [0.4, 0.5) is 5.69 Å². The third kappa shape index (κ3) is 3.21. The first kappa shape index (κ1) is 11.4. The molecular formula is C8H9N3O3S. The van der Waals surface area contributed by atoms with Crippen molar-refractivity contribution in [1.29, 1.82) is 0 Å². The average molecular weight is 227 g/mol. The molecule has 0 spiro atoms. The lowest BCUT2D eigenvalue weighted by Crippen LogP contribution is -2.21. The molecule has 0 N–H and O–H groups in total. The molecule has 0 bridgehead atoms. The smallest absolute Gasteiger partial charge is 0.288 e. The van der Waals surface area contributed by atoms with Gasteiger partial charge in [-0.2, -0.15) is 17.6 Å². The predicted molar refractivity (Wildman–Crippen MR) is 58.1 cm³/mol. The molecule has 15 heavy (non-hydrogen) atoms. The molecule has 1 heterocycles. The summed E-state index contributed by atoms with van der Waals surface area (Å²) in [5.41, 5.74) is -0.710. The fraction of sp³-hybridized carbons (Fsp3) is 0.250. The first-order valence-corrected chi connectivity index (χ1v) is 4.75. The molecule has 0 aliphatic carbocycles. The standard InChI is InChI=1S/C8H9N3O3S/c12-8-9-5-7(11(13)14)6-10(8)3-1-2-4-15/h1-2,5-6,15H,3-4H2/b2-1+. The summed E-state index contributed by atoms with van der Waals surface area (Å²) in [6.45, 7) is 0.258. The van der Waals surface area contributed by atoms with Crippen molar-refractivity contribution in [3.8, 4) is 0 Å². The van der Waals surface area contributed by atoms with E-state index in [1.165, 1.54) is 0 Å². The number of hydrogen-bond acceptors (Lipinski definition) is 5. The summed E-state index contributed by atoms with van der Waals surface area (Å²) in [5, 5.41) is 10.4. The van der Waals surface area contributed by atoms with Crippen LogP contribution in [0.15, 0.2) is 29.3 Å². The van der Waals surface area contributed by atoms with Crippen LogP contribution in [-0.4, -0.2) is 20.2 Å². The highest BCUT2D eigenvalue weighted by molar-refractivity contribution is 7.80. The van der Waals surface area contributed by atoms with Crippen molar-refractivity contribution in [2.24, 2.45) is 0 Å². The molecule has 0 unspecified atom stereocenters. The highest BCUT2D eigenvalue weighted by Crippen LogP contribution is 2.04. The molecule has 0 fully saturated rings. The molecule has 0 saturated heterocycles. The summed E-state index contributed by atoms with van der Waals surface area (Å²) in [4.78, 5) is 24.4. The Balaban J connectivity index is 2.95. The number of hydrogen-bond donors (Lipinski definition) is 1. The molecule has 6 nitrogen and oxygen atoms in total. The number of nitro groups is 1. The van der Waals surface area contributed by atoms with Gasteiger partial charge in [-0.25, -0.2) is 4.79 Å². The Hall–Kier alpha value is -1.63. The van der Waals surface area contributed by atoms with Crippen LogP contribution in [0.25, 0.3) is 0 Å². The topological polar surface area (TPSA) is 78.0 Å². The Morgan fingerprint density at radius 1 is 1.60 bits per heavy atom. The van der Waals surface area contributed by atoms with Crippen molar-refractivity contribution in [2.75, 3.05) is 5.75 Å². The van der Waals surface area contributed by atoms with E-state index in [1.807, 2.05) is 0 Å². The molecule has 1 aromatic heterocycles. The van der Waals surface area contributed by atoms with Crippen LogP contribution in [-0.2, 0) is 6.54 Å². The summed E-state index contributed by atoms with van der Waals surface area (Å²) in [6, 6.07) is 0. The van der Waals surface area contributed by atoms with Gasteiger partial charge in [0, 0.05) is 12.3 Å². The van der Waals surface area contributed by atoms with Gasteiger partial charge in [-0.3, -0.25) is 14.7 Å². The highest BCUT2D eigenvalue weighted by Gasteiger charge is 2.07. The maximum Gasteiger partial charge on any atom is 0.348 e. The van der Waals surface area contributed by atoms with Crippen LogP contribution in [0.5, 0.6) is 0 Å². The number of allylic oxidation sites excluding steroid dienone is 1. The number of rotatable bonds is 4. The van der Waals surface area contributed by atoms with E-state index in [1.54, 1.807) is 12.2 Å². The summed E-state index contributed by atoms with van der Waals surface area (Å²) in [7, 11) is 0.